The van der Waals surface area contributed by atoms with Crippen LogP contribution in [-0.4, -0.2) is 52.0 Å². The van der Waals surface area contributed by atoms with Crippen LogP contribution in [0, 0.1) is 0 Å². The van der Waals surface area contributed by atoms with Gasteiger partial charge in [0.2, 0.25) is 0 Å². The van der Waals surface area contributed by atoms with Crippen molar-refractivity contribution in [1.82, 2.24) is 4.90 Å². The van der Waals surface area contributed by atoms with E-state index < -0.39 is 26.5 Å². The van der Waals surface area contributed by atoms with E-state index in [1.807, 2.05) is 0 Å². The summed E-state index contributed by atoms with van der Waals surface area (Å²) >= 11 is -1.94. The van der Waals surface area contributed by atoms with Crippen LogP contribution in [0.2, 0.25) is 35.0 Å². The molecule has 0 aromatic heterocycles. The van der Waals surface area contributed by atoms with Crippen LogP contribution in [0.1, 0.15) is 48.0 Å². The molecule has 0 aliphatic rings. The van der Waals surface area contributed by atoms with Crippen molar-refractivity contribution in [1.29, 1.82) is 0 Å². The minimum atomic E-state index is -1.94. The molecule has 1 atom stereocenters. The van der Waals surface area contributed by atoms with Gasteiger partial charge in [0.15, 0.2) is 0 Å². The Morgan fingerprint density at radius 2 is 1.20 bits per heavy atom. The summed E-state index contributed by atoms with van der Waals surface area (Å²) in [7, 11) is 3.46. The Hall–Kier alpha value is 0.976. The van der Waals surface area contributed by atoms with Crippen LogP contribution in [0.3, 0.4) is 0 Å². The molecular formula is C17H41NSiSn. The van der Waals surface area contributed by atoms with E-state index in [2.05, 4.69) is 60.5 Å². The summed E-state index contributed by atoms with van der Waals surface area (Å²) in [6.07, 6.45) is 1.51. The molecule has 3 heteroatoms. The summed E-state index contributed by atoms with van der Waals surface area (Å²) in [4.78, 5) is 2.42. The SMILES string of the molecule is CC[Si](CC)(CC)[CH](CCN(C)C)[Sn]([CH2]C)([CH2]C)[CH2]C. The molecule has 1 nitrogen and oxygen atoms in total. The minimum absolute atomic E-state index is 1.05. The fraction of sp³-hybridized carbons (Fsp3) is 1.00. The van der Waals surface area contributed by atoms with Gasteiger partial charge in [0, 0.05) is 0 Å². The Morgan fingerprint density at radius 3 is 1.45 bits per heavy atom. The first-order chi connectivity index (χ1) is 9.41. The third-order valence-electron chi connectivity index (χ3n) is 6.57. The maximum absolute atomic E-state index is 2.53. The van der Waals surface area contributed by atoms with Crippen molar-refractivity contribution >= 4 is 26.5 Å². The second-order valence-corrected chi connectivity index (χ2v) is 30.0. The molecule has 0 saturated carbocycles. The van der Waals surface area contributed by atoms with Gasteiger partial charge in [0.25, 0.3) is 0 Å². The summed E-state index contributed by atoms with van der Waals surface area (Å²) in [6, 6.07) is 4.57. The molecule has 0 saturated heterocycles. The fourth-order valence-electron chi connectivity index (χ4n) is 4.63. The van der Waals surface area contributed by atoms with Gasteiger partial charge in [-0.05, 0) is 0 Å². The third kappa shape index (κ3) is 4.74. The summed E-state index contributed by atoms with van der Waals surface area (Å²) in [5.41, 5.74) is 0. The first-order valence-electron chi connectivity index (χ1n) is 9.06. The zero-order valence-corrected chi connectivity index (χ0v) is 19.5. The average Bonchev–Trinajstić information content (AvgIpc) is 2.47. The van der Waals surface area contributed by atoms with E-state index in [9.17, 15) is 0 Å². The van der Waals surface area contributed by atoms with Gasteiger partial charge in [-0.1, -0.05) is 0 Å². The van der Waals surface area contributed by atoms with Gasteiger partial charge in [0.05, 0.1) is 0 Å². The molecule has 0 radical (unpaired) electrons. The van der Waals surface area contributed by atoms with Crippen molar-refractivity contribution in [2.24, 2.45) is 0 Å². The molecular weight excluding hydrogens is 365 g/mol. The molecule has 122 valence electrons. The molecule has 0 heterocycles. The monoisotopic (exact) mass is 407 g/mol. The summed E-state index contributed by atoms with van der Waals surface area (Å²) < 4.78 is 5.94. The summed E-state index contributed by atoms with van der Waals surface area (Å²) in [5.74, 6) is 0. The second-order valence-electron chi connectivity index (χ2n) is 6.99. The summed E-state index contributed by atoms with van der Waals surface area (Å²) in [6.45, 7) is 16.5. The number of hydrogen-bond donors (Lipinski definition) is 0. The molecule has 0 spiro atoms. The van der Waals surface area contributed by atoms with Crippen molar-refractivity contribution in [3.8, 4) is 0 Å². The predicted octanol–water partition coefficient (Wildman–Crippen LogP) is 5.86. The molecule has 1 unspecified atom stereocenters. The van der Waals surface area contributed by atoms with E-state index in [0.717, 1.165) is 0 Å². The van der Waals surface area contributed by atoms with Crippen molar-refractivity contribution in [3.05, 3.63) is 0 Å². The Morgan fingerprint density at radius 1 is 0.800 bits per heavy atom. The second kappa shape index (κ2) is 9.88. The Balaban J connectivity index is 5.54. The van der Waals surface area contributed by atoms with Crippen LogP contribution >= 0.6 is 0 Å². The molecule has 0 N–H and O–H groups in total. The van der Waals surface area contributed by atoms with Crippen LogP contribution < -0.4 is 0 Å². The molecule has 0 aliphatic heterocycles. The van der Waals surface area contributed by atoms with Crippen molar-refractivity contribution in [2.45, 2.75) is 83.0 Å². The van der Waals surface area contributed by atoms with Gasteiger partial charge in [-0.2, -0.15) is 0 Å². The van der Waals surface area contributed by atoms with E-state index in [1.54, 1.807) is 13.3 Å². The number of nitrogens with zero attached hydrogens (tertiary/aromatic N) is 1. The zero-order valence-electron chi connectivity index (χ0n) is 15.7. The number of rotatable bonds is 11. The van der Waals surface area contributed by atoms with Crippen LogP contribution in [0.15, 0.2) is 0 Å². The van der Waals surface area contributed by atoms with Crippen LogP contribution in [0.5, 0.6) is 0 Å². The fourth-order valence-corrected chi connectivity index (χ4v) is 40.7. The van der Waals surface area contributed by atoms with Crippen molar-refractivity contribution in [3.63, 3.8) is 0 Å². The predicted molar refractivity (Wildman–Crippen MR) is 101 cm³/mol. The van der Waals surface area contributed by atoms with Crippen LogP contribution in [0.4, 0.5) is 0 Å². The first kappa shape index (κ1) is 21.0. The van der Waals surface area contributed by atoms with E-state index in [1.165, 1.54) is 34.7 Å². The topological polar surface area (TPSA) is 3.24 Å². The van der Waals surface area contributed by atoms with E-state index in [4.69, 9.17) is 0 Å². The molecule has 0 rings (SSSR count). The quantitative estimate of drug-likeness (QED) is 0.388. The Labute approximate surface area is 134 Å². The van der Waals surface area contributed by atoms with Gasteiger partial charge >= 0.3 is 135 Å². The van der Waals surface area contributed by atoms with Gasteiger partial charge in [-0.25, -0.2) is 0 Å². The zero-order chi connectivity index (χ0) is 15.8. The molecule has 0 aliphatic carbocycles. The third-order valence-corrected chi connectivity index (χ3v) is 39.0. The molecule has 0 amide bonds. The standard InChI is InChI=1S/C11H26NSi.3C2H5.Sn/c1-6-13(7-2,8-3)11-9-10-12(4)5;3*1-2;/h11H,6-10H2,1-5H3;3*1H2,2H3;. The van der Waals surface area contributed by atoms with Gasteiger partial charge in [-0.3, -0.25) is 0 Å². The van der Waals surface area contributed by atoms with Gasteiger partial charge < -0.3 is 0 Å². The van der Waals surface area contributed by atoms with Gasteiger partial charge in [-0.15, -0.1) is 0 Å². The maximum atomic E-state index is 2.53. The molecule has 0 fully saturated rings. The summed E-state index contributed by atoms with van der Waals surface area (Å²) in [5, 5.41) is 0. The molecule has 0 aromatic carbocycles. The molecule has 0 aromatic rings. The van der Waals surface area contributed by atoms with Crippen molar-refractivity contribution in [2.75, 3.05) is 20.6 Å². The van der Waals surface area contributed by atoms with E-state index >= 15 is 0 Å². The number of hydrogen-bond acceptors (Lipinski definition) is 1. The molecule has 20 heavy (non-hydrogen) atoms. The normalized spacial score (nSPS) is 14.8. The Kier molecular flexibility index (Phi) is 10.4. The van der Waals surface area contributed by atoms with Crippen molar-refractivity contribution < 1.29 is 0 Å². The average molecular weight is 406 g/mol. The van der Waals surface area contributed by atoms with Crippen LogP contribution in [0.25, 0.3) is 0 Å². The van der Waals surface area contributed by atoms with E-state index in [-0.39, 0.29) is 0 Å². The first-order valence-corrected chi connectivity index (χ1v) is 19.5. The van der Waals surface area contributed by atoms with Crippen LogP contribution in [-0.2, 0) is 0 Å². The van der Waals surface area contributed by atoms with Gasteiger partial charge in [0.1, 0.15) is 0 Å². The van der Waals surface area contributed by atoms with E-state index in [0.29, 0.717) is 0 Å². The molecule has 0 bridgehead atoms. The Bertz CT molecular complexity index is 211.